The van der Waals surface area contributed by atoms with Crippen LogP contribution in [0, 0.1) is 0 Å². The highest BCUT2D eigenvalue weighted by atomic mass is 16.3. The van der Waals surface area contributed by atoms with Gasteiger partial charge in [-0.3, -0.25) is 5.32 Å². The van der Waals surface area contributed by atoms with Crippen molar-refractivity contribution in [2.45, 2.75) is 25.3 Å². The summed E-state index contributed by atoms with van der Waals surface area (Å²) in [5.74, 6) is 0. The second kappa shape index (κ2) is 1.46. The first kappa shape index (κ1) is 5.06. The van der Waals surface area contributed by atoms with Gasteiger partial charge in [-0.2, -0.15) is 0 Å². The lowest BCUT2D eigenvalue weighted by Crippen LogP contribution is -2.28. The van der Waals surface area contributed by atoms with E-state index in [0.29, 0.717) is 5.54 Å². The average Bonchev–Trinajstić information content (AvgIpc) is 2.22. The smallest absolute Gasteiger partial charge is 0.0935 e. The third-order valence-electron chi connectivity index (χ3n) is 1.51. The van der Waals surface area contributed by atoms with Crippen LogP contribution >= 0.6 is 0 Å². The van der Waals surface area contributed by atoms with Gasteiger partial charge in [-0.1, -0.05) is 0 Å². The molecule has 2 heteroatoms. The second-order valence-electron chi connectivity index (χ2n) is 2.40. The van der Waals surface area contributed by atoms with Crippen molar-refractivity contribution in [3.63, 3.8) is 0 Å². The lowest BCUT2D eigenvalue weighted by molar-refractivity contribution is 0.239. The van der Waals surface area contributed by atoms with Gasteiger partial charge in [0.1, 0.15) is 0 Å². The number of aliphatic hydroxyl groups is 1. The number of aliphatic hydroxyl groups excluding tert-OH is 1. The molecule has 1 aliphatic carbocycles. The van der Waals surface area contributed by atoms with E-state index in [0.717, 1.165) is 0 Å². The van der Waals surface area contributed by atoms with Crippen LogP contribution in [-0.2, 0) is 0 Å². The minimum atomic E-state index is 0.122. The van der Waals surface area contributed by atoms with E-state index in [-0.39, 0.29) is 6.73 Å². The standard InChI is InChI=1S/C5H11NO/c1-5(2-3-5)6-4-7/h6-7H,2-4H2,1H3. The minimum absolute atomic E-state index is 0.122. The number of hydrogen-bond donors (Lipinski definition) is 2. The fourth-order valence-electron chi connectivity index (χ4n) is 0.555. The third kappa shape index (κ3) is 1.14. The van der Waals surface area contributed by atoms with Crippen LogP contribution in [0.15, 0.2) is 0 Å². The van der Waals surface area contributed by atoms with Crippen molar-refractivity contribution in [3.05, 3.63) is 0 Å². The molecule has 1 saturated carbocycles. The number of nitrogens with one attached hydrogen (secondary N) is 1. The molecule has 0 atom stereocenters. The molecule has 1 fully saturated rings. The van der Waals surface area contributed by atoms with E-state index in [1.807, 2.05) is 0 Å². The lowest BCUT2D eigenvalue weighted by atomic mass is 10.3. The molecule has 0 aromatic rings. The Labute approximate surface area is 43.5 Å². The van der Waals surface area contributed by atoms with Crippen molar-refractivity contribution in [1.29, 1.82) is 0 Å². The van der Waals surface area contributed by atoms with Crippen molar-refractivity contribution < 1.29 is 5.11 Å². The number of rotatable bonds is 2. The quantitative estimate of drug-likeness (QED) is 0.483. The van der Waals surface area contributed by atoms with Crippen molar-refractivity contribution in [2.75, 3.05) is 6.73 Å². The maximum atomic E-state index is 8.33. The highest BCUT2D eigenvalue weighted by molar-refractivity contribution is 4.96. The fourth-order valence-corrected chi connectivity index (χ4v) is 0.555. The van der Waals surface area contributed by atoms with Crippen molar-refractivity contribution in [1.82, 2.24) is 5.32 Å². The van der Waals surface area contributed by atoms with Crippen LogP contribution in [0.2, 0.25) is 0 Å². The monoisotopic (exact) mass is 101 g/mol. The first-order chi connectivity index (χ1) is 3.27. The van der Waals surface area contributed by atoms with Gasteiger partial charge in [0.15, 0.2) is 0 Å². The molecule has 0 heterocycles. The van der Waals surface area contributed by atoms with Gasteiger partial charge in [0.05, 0.1) is 6.73 Å². The maximum Gasteiger partial charge on any atom is 0.0935 e. The zero-order valence-electron chi connectivity index (χ0n) is 4.57. The third-order valence-corrected chi connectivity index (χ3v) is 1.51. The largest absolute Gasteiger partial charge is 0.381 e. The van der Waals surface area contributed by atoms with Gasteiger partial charge >= 0.3 is 0 Å². The summed E-state index contributed by atoms with van der Waals surface area (Å²) in [6.45, 7) is 2.24. The molecule has 1 rings (SSSR count). The summed E-state index contributed by atoms with van der Waals surface area (Å²) in [6.07, 6.45) is 2.43. The van der Waals surface area contributed by atoms with Gasteiger partial charge in [-0.15, -0.1) is 0 Å². The molecule has 0 aromatic carbocycles. The molecule has 1 aliphatic rings. The molecular weight excluding hydrogens is 90.1 g/mol. The van der Waals surface area contributed by atoms with Gasteiger partial charge in [0.2, 0.25) is 0 Å². The van der Waals surface area contributed by atoms with Crippen LogP contribution in [0.1, 0.15) is 19.8 Å². The molecule has 0 aromatic heterocycles. The Balaban J connectivity index is 2.13. The number of hydrogen-bond acceptors (Lipinski definition) is 2. The molecule has 0 aliphatic heterocycles. The van der Waals surface area contributed by atoms with Crippen LogP contribution in [-0.4, -0.2) is 17.4 Å². The summed E-state index contributed by atoms with van der Waals surface area (Å²) < 4.78 is 0. The maximum absolute atomic E-state index is 8.33. The average molecular weight is 101 g/mol. The van der Waals surface area contributed by atoms with Crippen molar-refractivity contribution in [2.24, 2.45) is 0 Å². The van der Waals surface area contributed by atoms with Crippen LogP contribution in [0.5, 0.6) is 0 Å². The van der Waals surface area contributed by atoms with Crippen LogP contribution in [0.25, 0.3) is 0 Å². The predicted octanol–water partition coefficient (Wildman–Crippen LogP) is 0.0783. The van der Waals surface area contributed by atoms with E-state index in [4.69, 9.17) is 5.11 Å². The summed E-state index contributed by atoms with van der Waals surface area (Å²) >= 11 is 0. The Kier molecular flexibility index (Phi) is 1.05. The van der Waals surface area contributed by atoms with Gasteiger partial charge in [-0.05, 0) is 19.8 Å². The SMILES string of the molecule is CC1(NCO)CC1. The van der Waals surface area contributed by atoms with Crippen LogP contribution < -0.4 is 5.32 Å². The molecule has 0 saturated heterocycles. The Morgan fingerprint density at radius 2 is 2.29 bits per heavy atom. The normalized spacial score (nSPS) is 24.9. The molecule has 0 spiro atoms. The summed E-state index contributed by atoms with van der Waals surface area (Å²) in [5.41, 5.74) is 0.300. The Morgan fingerprint density at radius 1 is 1.71 bits per heavy atom. The van der Waals surface area contributed by atoms with Gasteiger partial charge < -0.3 is 5.11 Å². The summed E-state index contributed by atoms with van der Waals surface area (Å²) in [4.78, 5) is 0. The van der Waals surface area contributed by atoms with Gasteiger partial charge in [0, 0.05) is 5.54 Å². The summed E-state index contributed by atoms with van der Waals surface area (Å²) in [6, 6.07) is 0. The lowest BCUT2D eigenvalue weighted by Gasteiger charge is -2.05. The molecule has 0 unspecified atom stereocenters. The molecule has 2 nitrogen and oxygen atoms in total. The van der Waals surface area contributed by atoms with Crippen molar-refractivity contribution in [3.8, 4) is 0 Å². The molecule has 0 amide bonds. The van der Waals surface area contributed by atoms with Crippen molar-refractivity contribution >= 4 is 0 Å². The Morgan fingerprint density at radius 3 is 2.43 bits per heavy atom. The Hall–Kier alpha value is -0.0800. The van der Waals surface area contributed by atoms with E-state index in [1.54, 1.807) is 0 Å². The highest BCUT2D eigenvalue weighted by Crippen LogP contribution is 2.33. The Bertz CT molecular complexity index is 68.5. The molecule has 42 valence electrons. The molecule has 2 N–H and O–H groups in total. The first-order valence-corrected chi connectivity index (χ1v) is 2.63. The second-order valence-corrected chi connectivity index (χ2v) is 2.40. The minimum Gasteiger partial charge on any atom is -0.381 e. The molecule has 0 bridgehead atoms. The predicted molar refractivity (Wildman–Crippen MR) is 27.9 cm³/mol. The van der Waals surface area contributed by atoms with Crippen LogP contribution in [0.3, 0.4) is 0 Å². The van der Waals surface area contributed by atoms with Gasteiger partial charge in [-0.25, -0.2) is 0 Å². The van der Waals surface area contributed by atoms with E-state index in [9.17, 15) is 0 Å². The first-order valence-electron chi connectivity index (χ1n) is 2.63. The summed E-state index contributed by atoms with van der Waals surface area (Å²) in [5, 5.41) is 11.3. The zero-order chi connectivity index (χ0) is 5.33. The molecular formula is C5H11NO. The van der Waals surface area contributed by atoms with E-state index in [1.165, 1.54) is 12.8 Å². The summed E-state index contributed by atoms with van der Waals surface area (Å²) in [7, 11) is 0. The zero-order valence-corrected chi connectivity index (χ0v) is 4.57. The topological polar surface area (TPSA) is 32.3 Å². The molecule has 7 heavy (non-hydrogen) atoms. The van der Waals surface area contributed by atoms with E-state index < -0.39 is 0 Å². The molecule has 0 radical (unpaired) electrons. The highest BCUT2D eigenvalue weighted by Gasteiger charge is 2.35. The fraction of sp³-hybridized carbons (Fsp3) is 1.00. The van der Waals surface area contributed by atoms with E-state index >= 15 is 0 Å². The van der Waals surface area contributed by atoms with E-state index in [2.05, 4.69) is 12.2 Å². The van der Waals surface area contributed by atoms with Crippen LogP contribution in [0.4, 0.5) is 0 Å². The van der Waals surface area contributed by atoms with Gasteiger partial charge in [0.25, 0.3) is 0 Å².